The van der Waals surface area contributed by atoms with Crippen molar-refractivity contribution in [3.8, 4) is 11.1 Å². The van der Waals surface area contributed by atoms with Crippen molar-refractivity contribution in [2.75, 3.05) is 6.54 Å². The molecule has 0 saturated heterocycles. The Morgan fingerprint density at radius 1 is 0.895 bits per heavy atom. The van der Waals surface area contributed by atoms with E-state index in [1.807, 2.05) is 0 Å². The van der Waals surface area contributed by atoms with Crippen molar-refractivity contribution in [1.82, 2.24) is 5.32 Å². The van der Waals surface area contributed by atoms with E-state index < -0.39 is 0 Å². The zero-order valence-electron chi connectivity index (χ0n) is 11.6. The van der Waals surface area contributed by atoms with Crippen molar-refractivity contribution in [3.63, 3.8) is 0 Å². The van der Waals surface area contributed by atoms with Crippen molar-refractivity contribution < 1.29 is 0 Å². The first-order valence-corrected chi connectivity index (χ1v) is 7.28. The highest BCUT2D eigenvalue weighted by molar-refractivity contribution is 5.65. The highest BCUT2D eigenvalue weighted by Crippen LogP contribution is 2.28. The monoisotopic (exact) mass is 251 g/mol. The average molecular weight is 251 g/mol. The molecule has 0 bridgehead atoms. The minimum absolute atomic E-state index is 0.959. The molecule has 0 saturated carbocycles. The largest absolute Gasteiger partial charge is 0.313 e. The zero-order chi connectivity index (χ0) is 13.1. The quantitative estimate of drug-likeness (QED) is 0.867. The lowest BCUT2D eigenvalue weighted by molar-refractivity contribution is 0.727. The molecule has 1 aliphatic carbocycles. The number of hydrogen-bond acceptors (Lipinski definition) is 1. The summed E-state index contributed by atoms with van der Waals surface area (Å²) < 4.78 is 0. The Morgan fingerprint density at radius 2 is 1.63 bits per heavy atom. The predicted molar refractivity (Wildman–Crippen MR) is 81.3 cm³/mol. The van der Waals surface area contributed by atoms with Gasteiger partial charge < -0.3 is 5.32 Å². The molecule has 0 radical (unpaired) electrons. The van der Waals surface area contributed by atoms with Gasteiger partial charge in [-0.05, 0) is 53.6 Å². The first kappa shape index (κ1) is 12.4. The number of benzene rings is 2. The van der Waals surface area contributed by atoms with Gasteiger partial charge in [0, 0.05) is 6.54 Å². The van der Waals surface area contributed by atoms with E-state index in [-0.39, 0.29) is 0 Å². The Kier molecular flexibility index (Phi) is 3.65. The van der Waals surface area contributed by atoms with Crippen LogP contribution in [0, 0.1) is 0 Å². The summed E-state index contributed by atoms with van der Waals surface area (Å²) in [5.74, 6) is 0. The molecular weight excluding hydrogens is 230 g/mol. The van der Waals surface area contributed by atoms with Gasteiger partial charge in [0.05, 0.1) is 0 Å². The lowest BCUT2D eigenvalue weighted by Gasteiger charge is -2.07. The smallest absolute Gasteiger partial charge is 0.0205 e. The molecule has 0 aromatic heterocycles. The Labute approximate surface area is 115 Å². The van der Waals surface area contributed by atoms with Crippen molar-refractivity contribution in [1.29, 1.82) is 0 Å². The van der Waals surface area contributed by atoms with Crippen LogP contribution in [0.2, 0.25) is 0 Å². The molecule has 98 valence electrons. The van der Waals surface area contributed by atoms with Crippen LogP contribution >= 0.6 is 0 Å². The number of hydrogen-bond donors (Lipinski definition) is 1. The number of fused-ring (bicyclic) bond motifs is 1. The molecule has 1 N–H and O–H groups in total. The van der Waals surface area contributed by atoms with Gasteiger partial charge in [-0.15, -0.1) is 0 Å². The number of rotatable bonds is 4. The zero-order valence-corrected chi connectivity index (χ0v) is 11.6. The lowest BCUT2D eigenvalue weighted by Crippen LogP contribution is -2.11. The molecule has 0 atom stereocenters. The van der Waals surface area contributed by atoms with Gasteiger partial charge in [-0.25, -0.2) is 0 Å². The van der Waals surface area contributed by atoms with E-state index in [4.69, 9.17) is 0 Å². The van der Waals surface area contributed by atoms with E-state index in [1.54, 1.807) is 11.1 Å². The Morgan fingerprint density at radius 3 is 2.42 bits per heavy atom. The predicted octanol–water partition coefficient (Wildman–Crippen LogP) is 3.95. The normalized spacial score (nSPS) is 13.5. The fourth-order valence-electron chi connectivity index (χ4n) is 2.84. The van der Waals surface area contributed by atoms with Crippen molar-refractivity contribution in [2.45, 2.75) is 32.7 Å². The molecule has 3 rings (SSSR count). The third kappa shape index (κ3) is 2.71. The topological polar surface area (TPSA) is 12.0 Å². The SMILES string of the molecule is CCNCc1ccc(-c2ccc3c(c2)CCC3)cc1. The molecule has 0 unspecified atom stereocenters. The first-order valence-electron chi connectivity index (χ1n) is 7.28. The van der Waals surface area contributed by atoms with Crippen LogP contribution in [0.1, 0.15) is 30.0 Å². The van der Waals surface area contributed by atoms with E-state index >= 15 is 0 Å². The first-order chi connectivity index (χ1) is 9.36. The summed E-state index contributed by atoms with van der Waals surface area (Å²) in [6, 6.07) is 15.9. The summed E-state index contributed by atoms with van der Waals surface area (Å²) in [5.41, 5.74) is 7.14. The van der Waals surface area contributed by atoms with Gasteiger partial charge in [0.25, 0.3) is 0 Å². The van der Waals surface area contributed by atoms with Crippen LogP contribution in [0.5, 0.6) is 0 Å². The molecule has 1 aliphatic rings. The van der Waals surface area contributed by atoms with Crippen LogP contribution in [0.4, 0.5) is 0 Å². The molecule has 0 spiro atoms. The van der Waals surface area contributed by atoms with Crippen LogP contribution in [-0.4, -0.2) is 6.54 Å². The van der Waals surface area contributed by atoms with Crippen LogP contribution in [0.3, 0.4) is 0 Å². The molecule has 0 heterocycles. The minimum Gasteiger partial charge on any atom is -0.313 e. The standard InChI is InChI=1S/C18H21N/c1-2-19-13-14-6-8-16(9-7-14)18-11-10-15-4-3-5-17(15)12-18/h6-12,19H,2-5,13H2,1H3. The van der Waals surface area contributed by atoms with Crippen LogP contribution in [0.25, 0.3) is 11.1 Å². The maximum atomic E-state index is 3.36. The summed E-state index contributed by atoms with van der Waals surface area (Å²) in [4.78, 5) is 0. The molecule has 19 heavy (non-hydrogen) atoms. The highest BCUT2D eigenvalue weighted by Gasteiger charge is 2.11. The molecule has 1 nitrogen and oxygen atoms in total. The minimum atomic E-state index is 0.959. The Balaban J connectivity index is 1.82. The lowest BCUT2D eigenvalue weighted by atomic mass is 9.99. The van der Waals surface area contributed by atoms with E-state index in [2.05, 4.69) is 54.7 Å². The van der Waals surface area contributed by atoms with E-state index in [0.717, 1.165) is 13.1 Å². The maximum Gasteiger partial charge on any atom is 0.0205 e. The van der Waals surface area contributed by atoms with Gasteiger partial charge in [-0.3, -0.25) is 0 Å². The Hall–Kier alpha value is -1.60. The van der Waals surface area contributed by atoms with Crippen LogP contribution < -0.4 is 5.32 Å². The third-order valence-electron chi connectivity index (χ3n) is 3.96. The number of aryl methyl sites for hydroxylation is 2. The summed E-state index contributed by atoms with van der Waals surface area (Å²) in [6.45, 7) is 4.12. The van der Waals surface area contributed by atoms with Gasteiger partial charge in [-0.2, -0.15) is 0 Å². The second-order valence-electron chi connectivity index (χ2n) is 5.31. The molecule has 0 aliphatic heterocycles. The summed E-state index contributed by atoms with van der Waals surface area (Å²) in [6.07, 6.45) is 3.83. The fourth-order valence-corrected chi connectivity index (χ4v) is 2.84. The van der Waals surface area contributed by atoms with Crippen LogP contribution in [0.15, 0.2) is 42.5 Å². The molecule has 0 fully saturated rings. The van der Waals surface area contributed by atoms with Crippen molar-refractivity contribution in [3.05, 3.63) is 59.2 Å². The van der Waals surface area contributed by atoms with E-state index in [1.165, 1.54) is 36.0 Å². The summed E-state index contributed by atoms with van der Waals surface area (Å²) >= 11 is 0. The molecule has 1 heteroatoms. The van der Waals surface area contributed by atoms with Gasteiger partial charge in [0.1, 0.15) is 0 Å². The molecular formula is C18H21N. The van der Waals surface area contributed by atoms with Gasteiger partial charge in [0.15, 0.2) is 0 Å². The molecule has 2 aromatic rings. The Bertz CT molecular complexity index is 554. The van der Waals surface area contributed by atoms with Crippen LogP contribution in [-0.2, 0) is 19.4 Å². The van der Waals surface area contributed by atoms with E-state index in [9.17, 15) is 0 Å². The van der Waals surface area contributed by atoms with Crippen molar-refractivity contribution in [2.24, 2.45) is 0 Å². The average Bonchev–Trinajstić information content (AvgIpc) is 2.93. The van der Waals surface area contributed by atoms with E-state index in [0.29, 0.717) is 0 Å². The van der Waals surface area contributed by atoms with Gasteiger partial charge in [0.2, 0.25) is 0 Å². The fraction of sp³-hybridized carbons (Fsp3) is 0.333. The van der Waals surface area contributed by atoms with Crippen molar-refractivity contribution >= 4 is 0 Å². The molecule has 0 amide bonds. The highest BCUT2D eigenvalue weighted by atomic mass is 14.8. The summed E-state index contributed by atoms with van der Waals surface area (Å²) in [7, 11) is 0. The van der Waals surface area contributed by atoms with Gasteiger partial charge >= 0.3 is 0 Å². The third-order valence-corrected chi connectivity index (χ3v) is 3.96. The number of nitrogens with one attached hydrogen (secondary N) is 1. The second-order valence-corrected chi connectivity index (χ2v) is 5.31. The maximum absolute atomic E-state index is 3.36. The second kappa shape index (κ2) is 5.58. The summed E-state index contributed by atoms with van der Waals surface area (Å²) in [5, 5.41) is 3.36. The van der Waals surface area contributed by atoms with Gasteiger partial charge in [-0.1, -0.05) is 49.4 Å². The molecule has 2 aromatic carbocycles.